The number of carbonyl (C=O) groups is 2. The quantitative estimate of drug-likeness (QED) is 0.330. The molecule has 1 unspecified atom stereocenters. The van der Waals surface area contributed by atoms with Crippen molar-refractivity contribution in [2.75, 3.05) is 6.54 Å². The molecular formula is C14H25NNa2O4. The van der Waals surface area contributed by atoms with Crippen LogP contribution in [0.4, 0.5) is 0 Å². The topological polar surface area (TPSA) is 92.6 Å². The molecule has 0 spiro atoms. The Morgan fingerprint density at radius 3 is 1.86 bits per heavy atom. The molecule has 0 N–H and O–H groups in total. The van der Waals surface area contributed by atoms with Gasteiger partial charge in [0.25, 0.3) is 0 Å². The summed E-state index contributed by atoms with van der Waals surface area (Å²) in [5.41, 5.74) is 0.111. The van der Waals surface area contributed by atoms with Crippen molar-refractivity contribution in [3.8, 4) is 0 Å². The van der Waals surface area contributed by atoms with Crippen LogP contribution in [0.1, 0.15) is 59.8 Å². The van der Waals surface area contributed by atoms with Crippen LogP contribution in [-0.4, -0.2) is 24.2 Å². The van der Waals surface area contributed by atoms with Crippen LogP contribution < -0.4 is 69.3 Å². The molecule has 0 saturated carbocycles. The molecule has 21 heavy (non-hydrogen) atoms. The van der Waals surface area contributed by atoms with Crippen molar-refractivity contribution in [3.05, 3.63) is 0 Å². The fourth-order valence-corrected chi connectivity index (χ4v) is 1.25. The second-order valence-corrected chi connectivity index (χ2v) is 4.36. The Morgan fingerprint density at radius 2 is 1.57 bits per heavy atom. The zero-order chi connectivity index (χ0) is 15.3. The Morgan fingerprint density at radius 1 is 1.10 bits per heavy atom. The van der Waals surface area contributed by atoms with Crippen molar-refractivity contribution < 1.29 is 78.9 Å². The molecule has 0 bridgehead atoms. The van der Waals surface area contributed by atoms with Gasteiger partial charge in [0.1, 0.15) is 0 Å². The molecule has 0 aromatic rings. The summed E-state index contributed by atoms with van der Waals surface area (Å²) >= 11 is 0. The third-order valence-corrected chi connectivity index (χ3v) is 2.71. The summed E-state index contributed by atoms with van der Waals surface area (Å²) in [5, 5.41) is 19.6. The van der Waals surface area contributed by atoms with E-state index in [2.05, 4.69) is 18.8 Å². The molecule has 0 aliphatic carbocycles. The number of carbonyl (C=O) groups excluding carboxylic acids is 2. The largest absolute Gasteiger partial charge is 1.00 e. The standard InChI is InChI=1S/C11H21NO2.C3H6O2.2Na/c1-4-6-7-10(5-2)8-12-9(3)11(13)14;1-2-3(4)5;;/h10H,4-8H2,1-3H3,(H,13,14);2H2,1H3,(H,4,5);;/q;;2*+1/p-2. The number of rotatable bonds is 8. The number of carboxylic acids is 2. The second kappa shape index (κ2) is 20.6. The molecule has 0 aromatic heterocycles. The van der Waals surface area contributed by atoms with Gasteiger partial charge in [0.15, 0.2) is 0 Å². The van der Waals surface area contributed by atoms with E-state index in [4.69, 9.17) is 0 Å². The Kier molecular flexibility index (Phi) is 29.1. The van der Waals surface area contributed by atoms with Crippen molar-refractivity contribution in [3.63, 3.8) is 0 Å². The Labute approximate surface area is 172 Å². The predicted octanol–water partition coefficient (Wildman–Crippen LogP) is -5.43. The fraction of sp³-hybridized carbons (Fsp3) is 0.786. The molecule has 5 nitrogen and oxygen atoms in total. The molecule has 0 aliphatic rings. The number of hydrogen-bond acceptors (Lipinski definition) is 5. The Balaban J connectivity index is -0.000000179. The molecule has 1 atom stereocenters. The fourth-order valence-electron chi connectivity index (χ4n) is 1.25. The molecule has 0 fully saturated rings. The maximum absolute atomic E-state index is 10.4. The summed E-state index contributed by atoms with van der Waals surface area (Å²) in [7, 11) is 0. The molecule has 0 aromatic carbocycles. The first-order valence-electron chi connectivity index (χ1n) is 6.81. The molecule has 0 aliphatic heterocycles. The molecule has 112 valence electrons. The van der Waals surface area contributed by atoms with Crippen LogP contribution in [-0.2, 0) is 9.59 Å². The minimum absolute atomic E-state index is 0. The van der Waals surface area contributed by atoms with Crippen LogP contribution in [0, 0.1) is 5.92 Å². The zero-order valence-corrected chi connectivity index (χ0v) is 18.4. The molecule has 0 rings (SSSR count). The predicted molar refractivity (Wildman–Crippen MR) is 71.6 cm³/mol. The second-order valence-electron chi connectivity index (χ2n) is 4.36. The van der Waals surface area contributed by atoms with Gasteiger partial charge < -0.3 is 19.8 Å². The number of aliphatic imine (C=N–C) groups is 1. The average Bonchev–Trinajstić information content (AvgIpc) is 2.39. The SMILES string of the molecule is CCC(=O)[O-].CCCCC(CC)CN=C(C)C(=O)[O-].[Na+].[Na+]. The molecular weight excluding hydrogens is 292 g/mol. The van der Waals surface area contributed by atoms with Crippen molar-refractivity contribution in [2.45, 2.75) is 59.8 Å². The van der Waals surface area contributed by atoms with E-state index in [9.17, 15) is 19.8 Å². The Bertz CT molecular complexity index is 297. The first kappa shape index (κ1) is 29.6. The minimum Gasteiger partial charge on any atom is -0.550 e. The van der Waals surface area contributed by atoms with Crippen LogP contribution in [0.5, 0.6) is 0 Å². The van der Waals surface area contributed by atoms with Crippen molar-refractivity contribution >= 4 is 17.7 Å². The first-order chi connectivity index (χ1) is 8.88. The third kappa shape index (κ3) is 23.0. The van der Waals surface area contributed by atoms with E-state index < -0.39 is 11.9 Å². The number of hydrogen-bond donors (Lipinski definition) is 0. The summed E-state index contributed by atoms with van der Waals surface area (Å²) in [4.78, 5) is 23.6. The van der Waals surface area contributed by atoms with Gasteiger partial charge in [-0.1, -0.05) is 40.0 Å². The van der Waals surface area contributed by atoms with Crippen LogP contribution in [0.2, 0.25) is 0 Å². The summed E-state index contributed by atoms with van der Waals surface area (Å²) < 4.78 is 0. The number of nitrogens with zero attached hydrogens (tertiary/aromatic N) is 1. The van der Waals surface area contributed by atoms with Crippen molar-refractivity contribution in [1.29, 1.82) is 0 Å². The van der Waals surface area contributed by atoms with Gasteiger partial charge in [-0.2, -0.15) is 0 Å². The maximum atomic E-state index is 10.4. The monoisotopic (exact) mass is 317 g/mol. The number of carboxylic acid groups (broad SMARTS) is 2. The van der Waals surface area contributed by atoms with Crippen molar-refractivity contribution in [2.24, 2.45) is 10.9 Å². The molecule has 0 amide bonds. The van der Waals surface area contributed by atoms with Gasteiger partial charge in [-0.05, 0) is 25.7 Å². The summed E-state index contributed by atoms with van der Waals surface area (Å²) in [5.74, 6) is -1.63. The summed E-state index contributed by atoms with van der Waals surface area (Å²) in [6.07, 6.45) is 4.68. The van der Waals surface area contributed by atoms with E-state index in [1.54, 1.807) is 0 Å². The van der Waals surface area contributed by atoms with E-state index in [1.807, 2.05) is 0 Å². The van der Waals surface area contributed by atoms with Gasteiger partial charge in [0.2, 0.25) is 0 Å². The van der Waals surface area contributed by atoms with Crippen LogP contribution >= 0.6 is 0 Å². The van der Waals surface area contributed by atoms with Gasteiger partial charge in [0.05, 0.1) is 11.7 Å². The van der Waals surface area contributed by atoms with E-state index in [1.165, 1.54) is 26.7 Å². The van der Waals surface area contributed by atoms with E-state index in [-0.39, 0.29) is 71.2 Å². The normalized spacial score (nSPS) is 11.1. The zero-order valence-electron chi connectivity index (χ0n) is 14.4. The minimum atomic E-state index is -1.16. The number of aliphatic carboxylic acids is 2. The Hall–Kier alpha value is 0.610. The van der Waals surface area contributed by atoms with Crippen LogP contribution in [0.25, 0.3) is 0 Å². The van der Waals surface area contributed by atoms with Gasteiger partial charge in [-0.3, -0.25) is 4.99 Å². The molecule has 0 saturated heterocycles. The molecule has 0 heterocycles. The van der Waals surface area contributed by atoms with Gasteiger partial charge in [-0.25, -0.2) is 0 Å². The van der Waals surface area contributed by atoms with Crippen LogP contribution in [0.15, 0.2) is 4.99 Å². The van der Waals surface area contributed by atoms with Crippen molar-refractivity contribution in [1.82, 2.24) is 0 Å². The molecule has 7 heteroatoms. The third-order valence-electron chi connectivity index (χ3n) is 2.71. The maximum Gasteiger partial charge on any atom is 1.00 e. The van der Waals surface area contributed by atoms with E-state index in [0.29, 0.717) is 12.5 Å². The number of unbranched alkanes of at least 4 members (excludes halogenated alkanes) is 1. The smallest absolute Gasteiger partial charge is 0.550 e. The summed E-state index contributed by atoms with van der Waals surface area (Å²) in [6, 6.07) is 0. The van der Waals surface area contributed by atoms with E-state index >= 15 is 0 Å². The van der Waals surface area contributed by atoms with Gasteiger partial charge >= 0.3 is 59.1 Å². The van der Waals surface area contributed by atoms with Gasteiger partial charge in [0, 0.05) is 12.5 Å². The van der Waals surface area contributed by atoms with Gasteiger partial charge in [-0.15, -0.1) is 0 Å². The summed E-state index contributed by atoms with van der Waals surface area (Å²) in [6.45, 7) is 7.92. The van der Waals surface area contributed by atoms with Crippen LogP contribution in [0.3, 0.4) is 0 Å². The molecule has 0 radical (unpaired) electrons. The average molecular weight is 317 g/mol. The van der Waals surface area contributed by atoms with E-state index in [0.717, 1.165) is 12.8 Å². The first-order valence-corrected chi connectivity index (χ1v) is 6.81.